The molecule has 0 aromatic carbocycles. The number of hydrogen-bond donors (Lipinski definition) is 0. The van der Waals surface area contributed by atoms with Gasteiger partial charge in [0.1, 0.15) is 10.0 Å². The molecule has 2 rings (SSSR count). The predicted molar refractivity (Wildman–Crippen MR) is 67.3 cm³/mol. The lowest BCUT2D eigenvalue weighted by atomic mass is 10.3. The normalized spacial score (nSPS) is 23.4. The zero-order valence-electron chi connectivity index (χ0n) is 9.30. The summed E-state index contributed by atoms with van der Waals surface area (Å²) in [6.45, 7) is 1.46. The Morgan fingerprint density at radius 3 is 2.44 bits per heavy atom. The molecule has 102 valence electrons. The molecule has 1 aromatic rings. The van der Waals surface area contributed by atoms with E-state index in [9.17, 15) is 16.8 Å². The van der Waals surface area contributed by atoms with Crippen molar-refractivity contribution in [2.45, 2.75) is 24.3 Å². The lowest BCUT2D eigenvalue weighted by Crippen LogP contribution is -2.12. The molecule has 0 saturated carbocycles. The fraction of sp³-hybridized carbons (Fsp3) is 0.625. The molecular weight excluding hydrogens is 323 g/mol. The maximum absolute atomic E-state index is 11.4. The summed E-state index contributed by atoms with van der Waals surface area (Å²) < 4.78 is 46.7. The van der Waals surface area contributed by atoms with E-state index in [1.165, 1.54) is 11.6 Å². The minimum Gasteiger partial charge on any atom is -0.248 e. The van der Waals surface area contributed by atoms with Crippen molar-refractivity contribution in [1.29, 1.82) is 0 Å². The average Bonchev–Trinajstić information content (AvgIpc) is 2.65. The van der Waals surface area contributed by atoms with Crippen LogP contribution < -0.4 is 0 Å². The van der Waals surface area contributed by atoms with Crippen LogP contribution in [0.4, 0.5) is 0 Å². The standard InChI is InChI=1S/C8H10Cl2N2O4S2/c1-5-7(18(10,15)16)8(9)12(11-5)6-2-3-17(13,14)4-6/h6H,2-4H2,1H3. The number of nitrogens with zero attached hydrogens (tertiary/aromatic N) is 2. The van der Waals surface area contributed by atoms with Crippen LogP contribution in [0.25, 0.3) is 0 Å². The Bertz CT molecular complexity index is 693. The number of rotatable bonds is 2. The van der Waals surface area contributed by atoms with Gasteiger partial charge in [-0.2, -0.15) is 5.10 Å². The largest absolute Gasteiger partial charge is 0.266 e. The van der Waals surface area contributed by atoms with Crippen LogP contribution in [0, 0.1) is 6.92 Å². The van der Waals surface area contributed by atoms with Gasteiger partial charge in [0.2, 0.25) is 0 Å². The van der Waals surface area contributed by atoms with Gasteiger partial charge in [0.15, 0.2) is 9.84 Å². The molecule has 2 heterocycles. The van der Waals surface area contributed by atoms with Crippen LogP contribution in [-0.2, 0) is 18.9 Å². The molecule has 0 radical (unpaired) electrons. The summed E-state index contributed by atoms with van der Waals surface area (Å²) in [5.41, 5.74) is 0.166. The van der Waals surface area contributed by atoms with Gasteiger partial charge in [-0.3, -0.25) is 0 Å². The number of hydrogen-bond acceptors (Lipinski definition) is 5. The maximum Gasteiger partial charge on any atom is 0.266 e. The SMILES string of the molecule is Cc1nn(C2CCS(=O)(=O)C2)c(Cl)c1S(=O)(=O)Cl. The highest BCUT2D eigenvalue weighted by molar-refractivity contribution is 8.13. The summed E-state index contributed by atoms with van der Waals surface area (Å²) in [6, 6.07) is -0.437. The van der Waals surface area contributed by atoms with Crippen LogP contribution in [0.15, 0.2) is 4.90 Å². The second-order valence-electron chi connectivity index (χ2n) is 4.14. The number of aromatic nitrogens is 2. The molecule has 1 fully saturated rings. The van der Waals surface area contributed by atoms with Gasteiger partial charge >= 0.3 is 0 Å². The summed E-state index contributed by atoms with van der Waals surface area (Å²) in [4.78, 5) is -0.255. The van der Waals surface area contributed by atoms with Gasteiger partial charge in [-0.05, 0) is 13.3 Å². The average molecular weight is 333 g/mol. The van der Waals surface area contributed by atoms with Gasteiger partial charge in [0.05, 0.1) is 23.2 Å². The number of halogens is 2. The molecule has 1 aliphatic heterocycles. The minimum absolute atomic E-state index is 0.0514. The van der Waals surface area contributed by atoms with Gasteiger partial charge in [-0.1, -0.05) is 11.6 Å². The van der Waals surface area contributed by atoms with Crippen molar-refractivity contribution < 1.29 is 16.8 Å². The Balaban J connectivity index is 2.50. The van der Waals surface area contributed by atoms with Crippen LogP contribution in [0.3, 0.4) is 0 Å². The molecular formula is C8H10Cl2N2O4S2. The third kappa shape index (κ3) is 2.52. The smallest absolute Gasteiger partial charge is 0.248 e. The predicted octanol–water partition coefficient (Wildman–Crippen LogP) is 1.13. The lowest BCUT2D eigenvalue weighted by molar-refractivity contribution is 0.497. The Morgan fingerprint density at radius 1 is 1.44 bits per heavy atom. The molecule has 10 heteroatoms. The van der Waals surface area contributed by atoms with Gasteiger partial charge in [-0.25, -0.2) is 21.5 Å². The molecule has 18 heavy (non-hydrogen) atoms. The summed E-state index contributed by atoms with van der Waals surface area (Å²) in [5.74, 6) is -0.0362. The highest BCUT2D eigenvalue weighted by Crippen LogP contribution is 2.33. The summed E-state index contributed by atoms with van der Waals surface area (Å²) in [5, 5.41) is 3.85. The molecule has 1 unspecified atom stereocenters. The van der Waals surface area contributed by atoms with Crippen molar-refractivity contribution in [1.82, 2.24) is 9.78 Å². The van der Waals surface area contributed by atoms with Crippen molar-refractivity contribution >= 4 is 41.2 Å². The number of sulfone groups is 1. The molecule has 0 bridgehead atoms. The zero-order chi connectivity index (χ0) is 13.7. The second-order valence-corrected chi connectivity index (χ2v) is 9.23. The van der Waals surface area contributed by atoms with E-state index in [-0.39, 0.29) is 27.2 Å². The first-order valence-electron chi connectivity index (χ1n) is 5.01. The van der Waals surface area contributed by atoms with E-state index < -0.39 is 24.9 Å². The molecule has 1 aliphatic rings. The zero-order valence-corrected chi connectivity index (χ0v) is 12.4. The Morgan fingerprint density at radius 2 is 2.06 bits per heavy atom. The van der Waals surface area contributed by atoms with E-state index in [2.05, 4.69) is 5.10 Å². The van der Waals surface area contributed by atoms with E-state index in [0.717, 1.165) is 0 Å². The van der Waals surface area contributed by atoms with E-state index in [1.807, 2.05) is 0 Å². The Kier molecular flexibility index (Phi) is 3.42. The van der Waals surface area contributed by atoms with Crippen LogP contribution in [-0.4, -0.2) is 38.1 Å². The fourth-order valence-electron chi connectivity index (χ4n) is 1.99. The molecule has 1 saturated heterocycles. The highest BCUT2D eigenvalue weighted by Gasteiger charge is 2.34. The lowest BCUT2D eigenvalue weighted by Gasteiger charge is -2.09. The van der Waals surface area contributed by atoms with E-state index in [4.69, 9.17) is 22.3 Å². The van der Waals surface area contributed by atoms with Gasteiger partial charge in [0, 0.05) is 10.7 Å². The Labute approximate surface area is 114 Å². The molecule has 0 aliphatic carbocycles. The van der Waals surface area contributed by atoms with Crippen LogP contribution in [0.1, 0.15) is 18.2 Å². The first-order valence-corrected chi connectivity index (χ1v) is 9.52. The summed E-state index contributed by atoms with van der Waals surface area (Å²) in [6.07, 6.45) is 0.366. The molecule has 1 atom stereocenters. The van der Waals surface area contributed by atoms with Gasteiger partial charge in [-0.15, -0.1) is 0 Å². The van der Waals surface area contributed by atoms with Crippen molar-refractivity contribution in [2.24, 2.45) is 0 Å². The van der Waals surface area contributed by atoms with Crippen molar-refractivity contribution in [3.05, 3.63) is 10.8 Å². The molecule has 0 amide bonds. The van der Waals surface area contributed by atoms with Gasteiger partial charge < -0.3 is 0 Å². The minimum atomic E-state index is -3.99. The monoisotopic (exact) mass is 332 g/mol. The van der Waals surface area contributed by atoms with E-state index in [1.54, 1.807) is 0 Å². The molecule has 0 spiro atoms. The molecule has 0 N–H and O–H groups in total. The van der Waals surface area contributed by atoms with Crippen molar-refractivity contribution in [2.75, 3.05) is 11.5 Å². The van der Waals surface area contributed by atoms with E-state index >= 15 is 0 Å². The van der Waals surface area contributed by atoms with Crippen molar-refractivity contribution in [3.63, 3.8) is 0 Å². The number of aryl methyl sites for hydroxylation is 1. The quantitative estimate of drug-likeness (QED) is 0.758. The third-order valence-electron chi connectivity index (χ3n) is 2.77. The van der Waals surface area contributed by atoms with Gasteiger partial charge in [0.25, 0.3) is 9.05 Å². The van der Waals surface area contributed by atoms with Crippen LogP contribution in [0.2, 0.25) is 5.15 Å². The second kappa shape index (κ2) is 4.36. The topological polar surface area (TPSA) is 86.1 Å². The van der Waals surface area contributed by atoms with E-state index in [0.29, 0.717) is 6.42 Å². The Hall–Kier alpha value is -0.310. The van der Waals surface area contributed by atoms with Crippen molar-refractivity contribution in [3.8, 4) is 0 Å². The van der Waals surface area contributed by atoms with Crippen LogP contribution >= 0.6 is 22.3 Å². The summed E-state index contributed by atoms with van der Waals surface area (Å²) >= 11 is 5.93. The summed E-state index contributed by atoms with van der Waals surface area (Å²) in [7, 11) is -1.83. The maximum atomic E-state index is 11.4. The van der Waals surface area contributed by atoms with Crippen LogP contribution in [0.5, 0.6) is 0 Å². The third-order valence-corrected chi connectivity index (χ3v) is 6.44. The highest BCUT2D eigenvalue weighted by atomic mass is 35.7. The fourth-order valence-corrected chi connectivity index (χ4v) is 5.66. The molecule has 1 aromatic heterocycles. The first-order chi connectivity index (χ1) is 8.12. The first kappa shape index (κ1) is 14.1. The molecule has 6 nitrogen and oxygen atoms in total.